The molecule has 1 rings (SSSR count). The summed E-state index contributed by atoms with van der Waals surface area (Å²) in [4.78, 5) is 1.07. The lowest BCUT2D eigenvalue weighted by Crippen LogP contribution is -2.08. The van der Waals surface area contributed by atoms with Gasteiger partial charge in [-0.3, -0.25) is 0 Å². The largest absolute Gasteiger partial charge is 0.394 e. The molecule has 0 aromatic carbocycles. The van der Waals surface area contributed by atoms with Gasteiger partial charge in [0.25, 0.3) is 0 Å². The molecule has 0 spiro atoms. The number of hydrogen-bond donors (Lipinski definition) is 3. The molecule has 0 fully saturated rings. The van der Waals surface area contributed by atoms with Crippen LogP contribution < -0.4 is 17.3 Å². The van der Waals surface area contributed by atoms with Gasteiger partial charge in [0.05, 0.1) is 11.9 Å². The van der Waals surface area contributed by atoms with Gasteiger partial charge in [-0.25, -0.2) is 0 Å². The molecular formula is C3H7N5. The summed E-state index contributed by atoms with van der Waals surface area (Å²) in [6.07, 6.45) is 1.44. The molecule has 0 amide bonds. The van der Waals surface area contributed by atoms with Crippen molar-refractivity contribution in [1.29, 1.82) is 0 Å². The van der Waals surface area contributed by atoms with E-state index in [2.05, 4.69) is 5.10 Å². The third kappa shape index (κ3) is 0.534. The van der Waals surface area contributed by atoms with E-state index in [1.54, 1.807) is 0 Å². The van der Waals surface area contributed by atoms with Crippen LogP contribution in [0.15, 0.2) is 6.20 Å². The molecule has 6 N–H and O–H groups in total. The SMILES string of the molecule is Nc1cn(N)nc1N. The predicted octanol–water partition coefficient (Wildman–Crippen LogP) is -1.24. The second kappa shape index (κ2) is 1.29. The highest BCUT2D eigenvalue weighted by Crippen LogP contribution is 2.06. The van der Waals surface area contributed by atoms with E-state index in [0.717, 1.165) is 4.79 Å². The maximum Gasteiger partial charge on any atom is 0.170 e. The Hall–Kier alpha value is -1.39. The van der Waals surface area contributed by atoms with E-state index < -0.39 is 0 Å². The fourth-order valence-corrected chi connectivity index (χ4v) is 0.420. The lowest BCUT2D eigenvalue weighted by Gasteiger charge is -1.80. The van der Waals surface area contributed by atoms with Crippen molar-refractivity contribution in [2.75, 3.05) is 17.3 Å². The van der Waals surface area contributed by atoms with Gasteiger partial charge in [0.1, 0.15) is 0 Å². The molecule has 5 nitrogen and oxygen atoms in total. The zero-order valence-electron chi connectivity index (χ0n) is 4.20. The number of anilines is 2. The summed E-state index contributed by atoms with van der Waals surface area (Å²) in [5, 5.41) is 3.56. The Kier molecular flexibility index (Phi) is 0.768. The Morgan fingerprint density at radius 1 is 1.50 bits per heavy atom. The van der Waals surface area contributed by atoms with Crippen molar-refractivity contribution in [3.63, 3.8) is 0 Å². The molecule has 0 aliphatic carbocycles. The Morgan fingerprint density at radius 2 is 2.12 bits per heavy atom. The average Bonchev–Trinajstić information content (AvgIpc) is 1.85. The molecule has 1 aromatic heterocycles. The van der Waals surface area contributed by atoms with E-state index in [1.807, 2.05) is 0 Å². The van der Waals surface area contributed by atoms with Crippen LogP contribution in [-0.4, -0.2) is 9.89 Å². The molecule has 0 unspecified atom stereocenters. The molecule has 44 valence electrons. The van der Waals surface area contributed by atoms with Crippen LogP contribution in [0.2, 0.25) is 0 Å². The number of nitrogen functional groups attached to an aromatic ring is 3. The second-order valence-corrected chi connectivity index (χ2v) is 1.45. The first-order valence-electron chi connectivity index (χ1n) is 2.06. The summed E-state index contributed by atoms with van der Waals surface area (Å²) in [5.41, 5.74) is 10.9. The van der Waals surface area contributed by atoms with Crippen molar-refractivity contribution >= 4 is 11.5 Å². The normalized spacial score (nSPS) is 9.50. The highest BCUT2D eigenvalue weighted by atomic mass is 15.5. The maximum absolute atomic E-state index is 5.25. The standard InChI is InChI=1S/C3H7N5/c4-2-1-8(6)7-3(2)5/h1H,4,6H2,(H2,5,7). The van der Waals surface area contributed by atoms with Crippen molar-refractivity contribution < 1.29 is 0 Å². The van der Waals surface area contributed by atoms with Crippen LogP contribution in [0.4, 0.5) is 11.5 Å². The van der Waals surface area contributed by atoms with E-state index in [9.17, 15) is 0 Å². The van der Waals surface area contributed by atoms with Gasteiger partial charge in [-0.15, -0.1) is 5.10 Å². The van der Waals surface area contributed by atoms with Gasteiger partial charge in [0.2, 0.25) is 0 Å². The van der Waals surface area contributed by atoms with Gasteiger partial charge in [-0.2, -0.15) is 4.79 Å². The van der Waals surface area contributed by atoms with Crippen LogP contribution in [-0.2, 0) is 0 Å². The molecule has 0 radical (unpaired) electrons. The van der Waals surface area contributed by atoms with Gasteiger partial charge >= 0.3 is 0 Å². The first-order valence-corrected chi connectivity index (χ1v) is 2.06. The zero-order valence-corrected chi connectivity index (χ0v) is 4.20. The summed E-state index contributed by atoms with van der Waals surface area (Å²) in [7, 11) is 0. The van der Waals surface area contributed by atoms with Crippen LogP contribution in [0.5, 0.6) is 0 Å². The predicted molar refractivity (Wildman–Crippen MR) is 31.2 cm³/mol. The zero-order chi connectivity index (χ0) is 6.15. The average molecular weight is 113 g/mol. The molecule has 0 aliphatic rings. The van der Waals surface area contributed by atoms with E-state index in [1.165, 1.54) is 6.20 Å². The minimum Gasteiger partial charge on any atom is -0.394 e. The minimum atomic E-state index is 0.271. The van der Waals surface area contributed by atoms with E-state index in [4.69, 9.17) is 17.3 Å². The molecule has 0 atom stereocenters. The van der Waals surface area contributed by atoms with Crippen LogP contribution in [0, 0.1) is 0 Å². The molecule has 0 aliphatic heterocycles. The van der Waals surface area contributed by atoms with Crippen molar-refractivity contribution in [3.05, 3.63) is 6.20 Å². The summed E-state index contributed by atoms with van der Waals surface area (Å²) in [6.45, 7) is 0. The van der Waals surface area contributed by atoms with Crippen LogP contribution in [0.3, 0.4) is 0 Å². The highest BCUT2D eigenvalue weighted by Gasteiger charge is 1.95. The number of nitrogens with zero attached hydrogens (tertiary/aromatic N) is 2. The van der Waals surface area contributed by atoms with Gasteiger partial charge in [-0.1, -0.05) is 0 Å². The molecular weight excluding hydrogens is 106 g/mol. The van der Waals surface area contributed by atoms with Gasteiger partial charge in [-0.05, 0) is 0 Å². The fourth-order valence-electron chi connectivity index (χ4n) is 0.420. The van der Waals surface area contributed by atoms with Crippen molar-refractivity contribution in [2.45, 2.75) is 0 Å². The van der Waals surface area contributed by atoms with Gasteiger partial charge in [0.15, 0.2) is 5.82 Å². The summed E-state index contributed by atoms with van der Waals surface area (Å²) in [5.74, 6) is 5.40. The lowest BCUT2D eigenvalue weighted by molar-refractivity contribution is 0.837. The number of hydrogen-bond acceptors (Lipinski definition) is 4. The first kappa shape index (κ1) is 4.76. The third-order valence-corrected chi connectivity index (χ3v) is 0.790. The van der Waals surface area contributed by atoms with Crippen molar-refractivity contribution in [3.8, 4) is 0 Å². The molecule has 1 heterocycles. The van der Waals surface area contributed by atoms with Gasteiger partial charge < -0.3 is 17.3 Å². The van der Waals surface area contributed by atoms with Crippen LogP contribution in [0.25, 0.3) is 0 Å². The topological polar surface area (TPSA) is 95.9 Å². The highest BCUT2D eigenvalue weighted by molar-refractivity contribution is 5.56. The maximum atomic E-state index is 5.25. The van der Waals surface area contributed by atoms with Crippen molar-refractivity contribution in [1.82, 2.24) is 9.89 Å². The minimum absolute atomic E-state index is 0.271. The van der Waals surface area contributed by atoms with Crippen molar-refractivity contribution in [2.24, 2.45) is 0 Å². The molecule has 1 aromatic rings. The molecule has 0 saturated heterocycles. The van der Waals surface area contributed by atoms with E-state index in [0.29, 0.717) is 5.69 Å². The summed E-state index contributed by atoms with van der Waals surface area (Å²) >= 11 is 0. The fraction of sp³-hybridized carbons (Fsp3) is 0. The Bertz CT molecular complexity index is 170. The molecule has 0 saturated carbocycles. The Morgan fingerprint density at radius 3 is 2.25 bits per heavy atom. The molecule has 0 bridgehead atoms. The first-order chi connectivity index (χ1) is 3.70. The van der Waals surface area contributed by atoms with E-state index in [-0.39, 0.29) is 5.82 Å². The number of nitrogens with two attached hydrogens (primary N) is 3. The third-order valence-electron chi connectivity index (χ3n) is 0.790. The quantitative estimate of drug-likeness (QED) is 0.367. The molecule has 5 heteroatoms. The lowest BCUT2D eigenvalue weighted by atomic mass is 10.6. The van der Waals surface area contributed by atoms with Gasteiger partial charge in [0, 0.05) is 0 Å². The smallest absolute Gasteiger partial charge is 0.170 e. The summed E-state index contributed by atoms with van der Waals surface area (Å²) in [6, 6.07) is 0. The van der Waals surface area contributed by atoms with Crippen LogP contribution in [0.1, 0.15) is 0 Å². The van der Waals surface area contributed by atoms with E-state index >= 15 is 0 Å². The monoisotopic (exact) mass is 113 g/mol. The Balaban J connectivity index is 3.14. The molecule has 8 heavy (non-hydrogen) atoms. The number of rotatable bonds is 0. The Labute approximate surface area is 46.0 Å². The summed E-state index contributed by atoms with van der Waals surface area (Å²) < 4.78 is 0. The van der Waals surface area contributed by atoms with Crippen LogP contribution >= 0.6 is 0 Å². The number of aromatic nitrogens is 2. The second-order valence-electron chi connectivity index (χ2n) is 1.45.